The van der Waals surface area contributed by atoms with Crippen molar-refractivity contribution in [3.63, 3.8) is 0 Å². The van der Waals surface area contributed by atoms with E-state index in [1.165, 1.54) is 4.90 Å². The van der Waals surface area contributed by atoms with Gasteiger partial charge in [0.05, 0.1) is 17.7 Å². The van der Waals surface area contributed by atoms with E-state index in [1.807, 2.05) is 13.0 Å². The van der Waals surface area contributed by atoms with E-state index in [9.17, 15) is 14.4 Å². The summed E-state index contributed by atoms with van der Waals surface area (Å²) in [6, 6.07) is 6.30. The average molecular weight is 416 g/mol. The summed E-state index contributed by atoms with van der Waals surface area (Å²) in [4.78, 5) is 39.1. The van der Waals surface area contributed by atoms with Gasteiger partial charge in [-0.3, -0.25) is 9.69 Å². The van der Waals surface area contributed by atoms with Gasteiger partial charge in [-0.25, -0.2) is 9.59 Å². The Morgan fingerprint density at radius 1 is 1.23 bits per heavy atom. The molecule has 0 fully saturated rings. The first kappa shape index (κ1) is 23.4. The van der Waals surface area contributed by atoms with Crippen molar-refractivity contribution < 1.29 is 19.1 Å². The first-order valence-electron chi connectivity index (χ1n) is 10.7. The van der Waals surface area contributed by atoms with Crippen LogP contribution in [0.1, 0.15) is 71.9 Å². The highest BCUT2D eigenvalue weighted by Gasteiger charge is 2.36. The molecule has 1 aromatic carbocycles. The van der Waals surface area contributed by atoms with Crippen LogP contribution in [-0.2, 0) is 14.3 Å². The van der Waals surface area contributed by atoms with Gasteiger partial charge in [0.2, 0.25) is 5.91 Å². The third-order valence-corrected chi connectivity index (χ3v) is 4.99. The summed E-state index contributed by atoms with van der Waals surface area (Å²) in [6.07, 6.45) is 3.11. The first-order valence-corrected chi connectivity index (χ1v) is 10.7. The summed E-state index contributed by atoms with van der Waals surface area (Å²) >= 11 is 0. The van der Waals surface area contributed by atoms with Gasteiger partial charge in [-0.15, -0.1) is 0 Å². The molecule has 1 heterocycles. The zero-order valence-electron chi connectivity index (χ0n) is 18.6. The van der Waals surface area contributed by atoms with Crippen LogP contribution in [0.2, 0.25) is 0 Å². The Balaban J connectivity index is 2.33. The molecule has 0 spiro atoms. The molecule has 0 saturated carbocycles. The molecule has 0 radical (unpaired) electrons. The molecule has 1 atom stereocenters. The van der Waals surface area contributed by atoms with Gasteiger partial charge in [-0.05, 0) is 51.8 Å². The Hall–Kier alpha value is -2.83. The van der Waals surface area contributed by atoms with Gasteiger partial charge in [0.25, 0.3) is 0 Å². The Morgan fingerprint density at radius 3 is 2.60 bits per heavy atom. The third kappa shape index (κ3) is 5.84. The average Bonchev–Trinajstić information content (AvgIpc) is 2.67. The lowest BCUT2D eigenvalue weighted by atomic mass is 9.94. The SMILES string of the molecule is CCCCCC(=O)Nc1cccc([C@@H]2NC(=O)N(CC)C(C)=C2C(=O)OC(C)C)c1. The van der Waals surface area contributed by atoms with Crippen LogP contribution in [0, 0.1) is 0 Å². The molecule has 0 bridgehead atoms. The minimum Gasteiger partial charge on any atom is -0.459 e. The van der Waals surface area contributed by atoms with Crippen LogP contribution in [0.25, 0.3) is 0 Å². The summed E-state index contributed by atoms with van der Waals surface area (Å²) in [7, 11) is 0. The molecule has 1 aliphatic heterocycles. The van der Waals surface area contributed by atoms with Crippen molar-refractivity contribution in [3.8, 4) is 0 Å². The summed E-state index contributed by atoms with van der Waals surface area (Å²) < 4.78 is 5.45. The van der Waals surface area contributed by atoms with Gasteiger partial charge in [-0.2, -0.15) is 0 Å². The Morgan fingerprint density at radius 2 is 1.97 bits per heavy atom. The largest absolute Gasteiger partial charge is 0.459 e. The highest BCUT2D eigenvalue weighted by molar-refractivity contribution is 5.95. The second-order valence-corrected chi connectivity index (χ2v) is 7.71. The second-order valence-electron chi connectivity index (χ2n) is 7.71. The molecule has 0 unspecified atom stereocenters. The number of allylic oxidation sites excluding steroid dienone is 1. The number of carbonyl (C=O) groups is 3. The number of nitrogens with one attached hydrogen (secondary N) is 2. The molecule has 0 aliphatic carbocycles. The molecular weight excluding hydrogens is 382 g/mol. The van der Waals surface area contributed by atoms with Gasteiger partial charge >= 0.3 is 12.0 Å². The van der Waals surface area contributed by atoms with Crippen LogP contribution >= 0.6 is 0 Å². The zero-order valence-corrected chi connectivity index (χ0v) is 18.6. The van der Waals surface area contributed by atoms with Crippen molar-refractivity contribution >= 4 is 23.6 Å². The number of urea groups is 1. The topological polar surface area (TPSA) is 87.7 Å². The minimum atomic E-state index is -0.650. The molecule has 0 aromatic heterocycles. The normalized spacial score (nSPS) is 16.5. The number of benzene rings is 1. The van der Waals surface area contributed by atoms with Crippen LogP contribution in [0.4, 0.5) is 10.5 Å². The quantitative estimate of drug-likeness (QED) is 0.459. The second kappa shape index (κ2) is 10.8. The number of anilines is 1. The predicted molar refractivity (Wildman–Crippen MR) is 117 cm³/mol. The van der Waals surface area contributed by atoms with Gasteiger partial charge < -0.3 is 15.4 Å². The maximum absolute atomic E-state index is 12.9. The van der Waals surface area contributed by atoms with Crippen molar-refractivity contribution in [1.82, 2.24) is 10.2 Å². The Labute approximate surface area is 178 Å². The minimum absolute atomic E-state index is 0.0448. The highest BCUT2D eigenvalue weighted by atomic mass is 16.5. The Kier molecular flexibility index (Phi) is 8.45. The number of hydrogen-bond donors (Lipinski definition) is 2. The van der Waals surface area contributed by atoms with Gasteiger partial charge in [0, 0.05) is 24.4 Å². The first-order chi connectivity index (χ1) is 14.3. The lowest BCUT2D eigenvalue weighted by Crippen LogP contribution is -2.48. The zero-order chi connectivity index (χ0) is 22.3. The van der Waals surface area contributed by atoms with Crippen molar-refractivity contribution in [3.05, 3.63) is 41.1 Å². The van der Waals surface area contributed by atoms with Crippen LogP contribution in [0.5, 0.6) is 0 Å². The Bertz CT molecular complexity index is 816. The van der Waals surface area contributed by atoms with E-state index in [1.54, 1.807) is 39.0 Å². The van der Waals surface area contributed by atoms with Crippen LogP contribution in [0.3, 0.4) is 0 Å². The molecule has 7 nitrogen and oxygen atoms in total. The number of nitrogens with zero attached hydrogens (tertiary/aromatic N) is 1. The molecule has 3 amide bonds. The van der Waals surface area contributed by atoms with Crippen molar-refractivity contribution in [1.29, 1.82) is 0 Å². The maximum atomic E-state index is 12.9. The molecule has 2 N–H and O–H groups in total. The lowest BCUT2D eigenvalue weighted by Gasteiger charge is -2.35. The fourth-order valence-electron chi connectivity index (χ4n) is 3.51. The number of rotatable bonds is 9. The smallest absolute Gasteiger partial charge is 0.338 e. The van der Waals surface area contributed by atoms with E-state index in [2.05, 4.69) is 17.6 Å². The van der Waals surface area contributed by atoms with E-state index in [-0.39, 0.29) is 18.0 Å². The summed E-state index contributed by atoms with van der Waals surface area (Å²) in [5.74, 6) is -0.503. The molecular formula is C23H33N3O4. The van der Waals surface area contributed by atoms with Crippen LogP contribution in [0.15, 0.2) is 35.5 Å². The van der Waals surface area contributed by atoms with Crippen LogP contribution in [-0.4, -0.2) is 35.5 Å². The van der Waals surface area contributed by atoms with E-state index < -0.39 is 12.0 Å². The number of esters is 1. The van der Waals surface area contributed by atoms with Gasteiger partial charge in [0.1, 0.15) is 0 Å². The fraction of sp³-hybridized carbons (Fsp3) is 0.522. The number of ether oxygens (including phenoxy) is 1. The van der Waals surface area contributed by atoms with Crippen LogP contribution < -0.4 is 10.6 Å². The van der Waals surface area contributed by atoms with Gasteiger partial charge in [0.15, 0.2) is 0 Å². The van der Waals surface area contributed by atoms with E-state index in [0.717, 1.165) is 19.3 Å². The summed E-state index contributed by atoms with van der Waals surface area (Å²) in [6.45, 7) is 9.72. The van der Waals surface area contributed by atoms with Crippen molar-refractivity contribution in [2.45, 2.75) is 72.4 Å². The number of hydrogen-bond acceptors (Lipinski definition) is 4. The maximum Gasteiger partial charge on any atom is 0.338 e. The molecule has 0 saturated heterocycles. The number of carbonyl (C=O) groups excluding carboxylic acids is 3. The molecule has 2 rings (SSSR count). The highest BCUT2D eigenvalue weighted by Crippen LogP contribution is 2.32. The molecule has 7 heteroatoms. The number of unbranched alkanes of at least 4 members (excludes halogenated alkanes) is 2. The summed E-state index contributed by atoms with van der Waals surface area (Å²) in [5, 5.41) is 5.81. The monoisotopic (exact) mass is 415 g/mol. The van der Waals surface area contributed by atoms with Gasteiger partial charge in [-0.1, -0.05) is 31.9 Å². The van der Waals surface area contributed by atoms with Crippen molar-refractivity contribution in [2.24, 2.45) is 0 Å². The van der Waals surface area contributed by atoms with E-state index in [0.29, 0.717) is 35.5 Å². The number of amides is 3. The van der Waals surface area contributed by atoms with E-state index in [4.69, 9.17) is 4.74 Å². The molecule has 30 heavy (non-hydrogen) atoms. The third-order valence-electron chi connectivity index (χ3n) is 4.99. The molecule has 1 aromatic rings. The molecule has 1 aliphatic rings. The predicted octanol–water partition coefficient (Wildman–Crippen LogP) is 4.52. The standard InChI is InChI=1S/C23H33N3O4/c1-6-8-9-13-19(27)24-18-12-10-11-17(14-18)21-20(22(28)30-15(3)4)16(5)26(7-2)23(29)25-21/h10-12,14-15,21H,6-9,13H2,1-5H3,(H,24,27)(H,25,29)/t21-/m0/s1. The molecule has 164 valence electrons. The fourth-order valence-corrected chi connectivity index (χ4v) is 3.51. The van der Waals surface area contributed by atoms with Crippen molar-refractivity contribution in [2.75, 3.05) is 11.9 Å². The summed E-state index contributed by atoms with van der Waals surface area (Å²) in [5.41, 5.74) is 2.32. The van der Waals surface area contributed by atoms with E-state index >= 15 is 0 Å². The lowest BCUT2D eigenvalue weighted by molar-refractivity contribution is -0.143.